The smallest absolute Gasteiger partial charge is 0.0936 e. The third-order valence-electron chi connectivity index (χ3n) is 8.37. The van der Waals surface area contributed by atoms with Crippen LogP contribution >= 0.6 is 23.1 Å². The van der Waals surface area contributed by atoms with Gasteiger partial charge in [-0.1, -0.05) is 45.9 Å². The monoisotopic (exact) mass is 506 g/mol. The molecule has 3 aliphatic rings. The van der Waals surface area contributed by atoms with Gasteiger partial charge in [0.25, 0.3) is 0 Å². The van der Waals surface area contributed by atoms with Gasteiger partial charge in [0.15, 0.2) is 0 Å². The molecule has 2 aliphatic carbocycles. The maximum Gasteiger partial charge on any atom is 0.0936 e. The minimum Gasteiger partial charge on any atom is -0.248 e. The summed E-state index contributed by atoms with van der Waals surface area (Å²) in [7, 11) is 0. The van der Waals surface area contributed by atoms with Crippen LogP contribution in [0.25, 0.3) is 37.9 Å². The number of rotatable bonds is 2. The lowest BCUT2D eigenvalue weighted by molar-refractivity contribution is 0.617. The van der Waals surface area contributed by atoms with Crippen LogP contribution < -0.4 is 0 Å². The Bertz CT molecular complexity index is 1620. The zero-order chi connectivity index (χ0) is 25.0. The summed E-state index contributed by atoms with van der Waals surface area (Å²) in [5.74, 6) is 1.19. The summed E-state index contributed by atoms with van der Waals surface area (Å²) in [4.78, 5) is 13.7. The van der Waals surface area contributed by atoms with Crippen LogP contribution in [0.3, 0.4) is 0 Å². The summed E-state index contributed by atoms with van der Waals surface area (Å²) in [6, 6.07) is 13.8. The van der Waals surface area contributed by atoms with E-state index in [0.717, 1.165) is 29.2 Å². The lowest BCUT2D eigenvalue weighted by Gasteiger charge is -2.22. The molecule has 4 aromatic rings. The molecule has 2 aromatic heterocycles. The lowest BCUT2D eigenvalue weighted by Crippen LogP contribution is -2.20. The fourth-order valence-corrected chi connectivity index (χ4v) is 8.14. The molecule has 0 spiro atoms. The van der Waals surface area contributed by atoms with Crippen LogP contribution in [0.15, 0.2) is 47.9 Å². The number of thioether (sulfide) groups is 1. The van der Waals surface area contributed by atoms with Gasteiger partial charge >= 0.3 is 0 Å². The molecule has 1 aliphatic heterocycles. The summed E-state index contributed by atoms with van der Waals surface area (Å²) in [6.07, 6.45) is 3.55. The molecule has 2 nitrogen and oxygen atoms in total. The highest BCUT2D eigenvalue weighted by Gasteiger charge is 2.45. The van der Waals surface area contributed by atoms with Gasteiger partial charge in [-0.25, -0.2) is 9.97 Å². The zero-order valence-electron chi connectivity index (χ0n) is 21.7. The van der Waals surface area contributed by atoms with Crippen molar-refractivity contribution in [2.45, 2.75) is 58.8 Å². The van der Waals surface area contributed by atoms with Gasteiger partial charge in [-0.3, -0.25) is 0 Å². The third-order valence-corrected chi connectivity index (χ3v) is 10.4. The molecule has 0 atom stereocenters. The molecular formula is C32H30N2S2. The molecular weight excluding hydrogens is 477 g/mol. The Balaban J connectivity index is 1.45. The first-order valence-electron chi connectivity index (χ1n) is 12.8. The Morgan fingerprint density at radius 1 is 0.778 bits per heavy atom. The van der Waals surface area contributed by atoms with E-state index < -0.39 is 0 Å². The highest BCUT2D eigenvalue weighted by molar-refractivity contribution is 8.08. The van der Waals surface area contributed by atoms with Crippen molar-refractivity contribution >= 4 is 28.0 Å². The average molecular weight is 507 g/mol. The summed E-state index contributed by atoms with van der Waals surface area (Å²) in [5.41, 5.74) is 14.5. The summed E-state index contributed by atoms with van der Waals surface area (Å²) >= 11 is 3.77. The normalized spacial score (nSPS) is 18.0. The minimum atomic E-state index is -0.198. The first-order chi connectivity index (χ1) is 17.2. The van der Waals surface area contributed by atoms with Crippen LogP contribution in [-0.4, -0.2) is 15.7 Å². The molecule has 0 saturated heterocycles. The van der Waals surface area contributed by atoms with E-state index in [1.807, 2.05) is 11.8 Å². The third kappa shape index (κ3) is 2.92. The second kappa shape index (κ2) is 7.43. The van der Waals surface area contributed by atoms with Crippen LogP contribution in [0, 0.1) is 13.8 Å². The molecule has 0 N–H and O–H groups in total. The fourth-order valence-electron chi connectivity index (χ4n) is 6.45. The van der Waals surface area contributed by atoms with Gasteiger partial charge in [0.2, 0.25) is 0 Å². The van der Waals surface area contributed by atoms with E-state index in [1.54, 1.807) is 11.3 Å². The van der Waals surface area contributed by atoms with E-state index in [9.17, 15) is 0 Å². The molecule has 0 amide bonds. The quantitative estimate of drug-likeness (QED) is 0.271. The van der Waals surface area contributed by atoms with Crippen molar-refractivity contribution in [1.29, 1.82) is 0 Å². The average Bonchev–Trinajstić information content (AvgIpc) is 3.62. The van der Waals surface area contributed by atoms with Gasteiger partial charge in [-0.15, -0.1) is 23.1 Å². The van der Waals surface area contributed by atoms with Gasteiger partial charge in [0.1, 0.15) is 0 Å². The van der Waals surface area contributed by atoms with Crippen LogP contribution in [-0.2, 0) is 10.8 Å². The summed E-state index contributed by atoms with van der Waals surface area (Å²) < 4.78 is 0. The molecule has 0 unspecified atom stereocenters. The molecule has 180 valence electrons. The van der Waals surface area contributed by atoms with Gasteiger partial charge < -0.3 is 0 Å². The van der Waals surface area contributed by atoms with E-state index in [-0.39, 0.29) is 10.8 Å². The minimum absolute atomic E-state index is 0.186. The second-order valence-electron chi connectivity index (χ2n) is 11.5. The Labute approximate surface area is 221 Å². The largest absolute Gasteiger partial charge is 0.248 e. The van der Waals surface area contributed by atoms with Crippen molar-refractivity contribution in [2.24, 2.45) is 0 Å². The van der Waals surface area contributed by atoms with E-state index in [4.69, 9.17) is 9.97 Å². The molecule has 36 heavy (non-hydrogen) atoms. The summed E-state index contributed by atoms with van der Waals surface area (Å²) in [5, 5.41) is 2.15. The molecule has 7 rings (SSSR count). The highest BCUT2D eigenvalue weighted by Crippen LogP contribution is 2.55. The van der Waals surface area contributed by atoms with Crippen LogP contribution in [0.5, 0.6) is 0 Å². The van der Waals surface area contributed by atoms with Crippen molar-refractivity contribution < 1.29 is 0 Å². The first-order valence-corrected chi connectivity index (χ1v) is 14.7. The van der Waals surface area contributed by atoms with E-state index >= 15 is 0 Å². The first kappa shape index (κ1) is 22.5. The maximum atomic E-state index is 5.48. The predicted molar refractivity (Wildman–Crippen MR) is 155 cm³/mol. The van der Waals surface area contributed by atoms with Crippen LogP contribution in [0.1, 0.15) is 73.3 Å². The number of aryl methyl sites for hydroxylation is 2. The van der Waals surface area contributed by atoms with Crippen molar-refractivity contribution in [3.05, 3.63) is 87.1 Å². The number of hydrogen-bond donors (Lipinski definition) is 0. The number of benzene rings is 2. The van der Waals surface area contributed by atoms with Gasteiger partial charge in [-0.05, 0) is 83.3 Å². The van der Waals surface area contributed by atoms with Crippen molar-refractivity contribution in [3.63, 3.8) is 0 Å². The zero-order valence-corrected chi connectivity index (χ0v) is 23.4. The topological polar surface area (TPSA) is 25.8 Å². The second-order valence-corrected chi connectivity index (χ2v) is 13.6. The number of fused-ring (bicyclic) bond motifs is 6. The number of thiophene rings is 1. The van der Waals surface area contributed by atoms with Gasteiger partial charge in [-0.2, -0.15) is 0 Å². The molecule has 4 heteroatoms. The molecule has 2 aromatic carbocycles. The molecule has 0 radical (unpaired) electrons. The van der Waals surface area contributed by atoms with Gasteiger partial charge in [0, 0.05) is 37.5 Å². The number of aromatic nitrogens is 2. The van der Waals surface area contributed by atoms with Gasteiger partial charge in [0.05, 0.1) is 22.8 Å². The van der Waals surface area contributed by atoms with E-state index in [0.29, 0.717) is 0 Å². The van der Waals surface area contributed by atoms with Crippen molar-refractivity contribution in [1.82, 2.24) is 9.97 Å². The van der Waals surface area contributed by atoms with Crippen LogP contribution in [0.4, 0.5) is 0 Å². The Hall–Kier alpha value is -2.69. The van der Waals surface area contributed by atoms with E-state index in [2.05, 4.69) is 89.4 Å². The number of nitrogens with zero attached hydrogens (tertiary/aromatic N) is 2. The Kier molecular flexibility index (Phi) is 4.64. The summed E-state index contributed by atoms with van der Waals surface area (Å²) in [6.45, 7) is 13.8. The van der Waals surface area contributed by atoms with Crippen molar-refractivity contribution in [3.8, 4) is 33.0 Å². The molecule has 0 saturated carbocycles. The molecule has 0 bridgehead atoms. The Morgan fingerprint density at radius 3 is 1.89 bits per heavy atom. The SMILES string of the molecule is Cc1cc(C2=CCCS2)cc2c1-c1nc3c(nc1C2(C)C)-c1c(C)cc(-c2cccs2)cc1C3(C)C. The molecule has 0 fully saturated rings. The standard InChI is InChI=1S/C32H30N2S2/c1-17-13-19(23-9-7-11-35-23)15-21-25(17)27-29(31(21,3)4)34-28-26-18(2)14-20(24-10-8-12-36-24)16-22(26)32(5,6)30(28)33-27/h7,9-11,13-16H,8,12H2,1-6H3. The number of allylic oxidation sites excluding steroid dienone is 1. The van der Waals surface area contributed by atoms with E-state index in [1.165, 1.54) is 60.0 Å². The molecule has 3 heterocycles. The van der Waals surface area contributed by atoms with Crippen molar-refractivity contribution in [2.75, 3.05) is 5.75 Å². The maximum absolute atomic E-state index is 5.48. The lowest BCUT2D eigenvalue weighted by atomic mass is 9.83. The number of hydrogen-bond acceptors (Lipinski definition) is 4. The Morgan fingerprint density at radius 2 is 1.36 bits per heavy atom. The fraction of sp³-hybridized carbons (Fsp3) is 0.312. The highest BCUT2D eigenvalue weighted by atomic mass is 32.2. The predicted octanol–water partition coefficient (Wildman–Crippen LogP) is 8.91. The van der Waals surface area contributed by atoms with Crippen LogP contribution in [0.2, 0.25) is 0 Å².